The summed E-state index contributed by atoms with van der Waals surface area (Å²) in [6.45, 7) is 26.6. The van der Waals surface area contributed by atoms with Crippen molar-refractivity contribution in [1.82, 2.24) is 55.6 Å². The molecule has 0 aromatic carbocycles. The van der Waals surface area contributed by atoms with E-state index in [4.69, 9.17) is 0 Å². The van der Waals surface area contributed by atoms with Crippen LogP contribution in [0.5, 0.6) is 0 Å². The molecule has 6 N–H and O–H groups in total. The molecule has 86 heavy (non-hydrogen) atoms. The Balaban J connectivity index is 4.34. The third-order valence-corrected chi connectivity index (χ3v) is 16.3. The fourth-order valence-electron chi connectivity index (χ4n) is 10.7. The van der Waals surface area contributed by atoms with Gasteiger partial charge in [-0.2, -0.15) is 0 Å². The molecule has 0 radical (unpaired) electrons. The van der Waals surface area contributed by atoms with E-state index in [0.717, 1.165) is 14.7 Å². The zero-order chi connectivity index (χ0) is 66.7. The van der Waals surface area contributed by atoms with Crippen molar-refractivity contribution in [3.63, 3.8) is 0 Å². The van der Waals surface area contributed by atoms with Crippen LogP contribution in [0.2, 0.25) is 0 Å². The second kappa shape index (κ2) is 35.6. The van der Waals surface area contributed by atoms with Crippen molar-refractivity contribution in [2.45, 2.75) is 216 Å². The molecule has 1 heterocycles. The molecule has 13 atom stereocenters. The van der Waals surface area contributed by atoms with Crippen LogP contribution in [0.1, 0.15) is 149 Å². The normalized spacial score (nSPS) is 27.0. The minimum Gasteiger partial charge on any atom is -0.396 e. The summed E-state index contributed by atoms with van der Waals surface area (Å²) in [7, 11) is 9.75. The van der Waals surface area contributed by atoms with Crippen LogP contribution >= 0.6 is 0 Å². The molecule has 0 aliphatic carbocycles. The first kappa shape index (κ1) is 77.8. The molecule has 492 valence electrons. The van der Waals surface area contributed by atoms with E-state index in [1.54, 1.807) is 67.5 Å². The molecule has 0 bridgehead atoms. The minimum atomic E-state index is -1.63. The van der Waals surface area contributed by atoms with E-state index in [1.165, 1.54) is 82.8 Å². The van der Waals surface area contributed by atoms with Gasteiger partial charge >= 0.3 is 0 Å². The van der Waals surface area contributed by atoms with E-state index in [9.17, 15) is 53.4 Å². The van der Waals surface area contributed by atoms with Crippen LogP contribution in [0.25, 0.3) is 0 Å². The van der Waals surface area contributed by atoms with Gasteiger partial charge in [-0.15, -0.1) is 0 Å². The lowest BCUT2D eigenvalue weighted by Crippen LogP contribution is -2.63. The van der Waals surface area contributed by atoms with Crippen molar-refractivity contribution in [3.8, 4) is 0 Å². The van der Waals surface area contributed by atoms with E-state index in [2.05, 4.69) is 21.3 Å². The van der Waals surface area contributed by atoms with Crippen molar-refractivity contribution in [2.75, 3.05) is 62.5 Å². The lowest BCUT2D eigenvalue weighted by atomic mass is 9.91. The lowest BCUT2D eigenvalue weighted by molar-refractivity contribution is -0.157. The van der Waals surface area contributed by atoms with Gasteiger partial charge in [0.1, 0.15) is 60.4 Å². The van der Waals surface area contributed by atoms with Gasteiger partial charge in [-0.25, -0.2) is 0 Å². The van der Waals surface area contributed by atoms with Gasteiger partial charge in [0.05, 0.1) is 12.6 Å². The Hall–Kier alpha value is -6.17. The number of hydrogen-bond donors (Lipinski definition) is 6. The highest BCUT2D eigenvalue weighted by Crippen LogP contribution is 2.26. The number of aliphatic hydroxyl groups excluding tert-OH is 2. The summed E-state index contributed by atoms with van der Waals surface area (Å²) in [5.41, 5.74) is 0. The smallest absolute Gasteiger partial charge is 0.246 e. The predicted octanol–water partition coefficient (Wildman–Crippen LogP) is 2.24. The Morgan fingerprint density at radius 3 is 1.40 bits per heavy atom. The number of carbonyl (C=O) groups excluding carboxylic acids is 11. The molecular weight excluding hydrogens is 1110 g/mol. The molecule has 1 aliphatic heterocycles. The molecule has 11 amide bonds. The zero-order valence-electron chi connectivity index (χ0n) is 56.2. The van der Waals surface area contributed by atoms with Crippen molar-refractivity contribution < 1.29 is 63.0 Å². The molecule has 24 nitrogen and oxygen atoms in total. The Bertz CT molecular complexity index is 2350. The standard InChI is InChI=1S/C62H111N11O13/c1-24-26-27-40(14)52(76)51-56(80)65-43(25-2)58(82)67(17)32-48(75)68(18)45(31-39(13)33-74)55(79)66-49(37(9)10)61(85)69(19)44(28-34(3)4)54(78)63-41(15)53(77)64-42(16)57(81)70(20)46(29-35(5)6)59(83)71(21)47(30-36(7)8)60(84)72(22)50(38(11)12)62(86)73(51)23/h24,26,34-47,49-52,74,76H,25,27-33H2,1-23H3,(H,63,78)(H,64,77)(H,65,80)(H,66,79)/b26-24+/t39?,40-,41+,42-,43+,44+,45+,46+,47+,49+,50+,51+,52-/m1/s1. The molecule has 0 aromatic heterocycles. The van der Waals surface area contributed by atoms with Gasteiger partial charge in [0, 0.05) is 55.9 Å². The maximum atomic E-state index is 15.1. The van der Waals surface area contributed by atoms with Gasteiger partial charge < -0.3 is 65.8 Å². The first-order valence-corrected chi connectivity index (χ1v) is 30.7. The number of rotatable bonds is 16. The molecule has 0 aromatic rings. The van der Waals surface area contributed by atoms with Crippen molar-refractivity contribution >= 4 is 65.0 Å². The number of hydrogen-bond acceptors (Lipinski definition) is 13. The second-order valence-corrected chi connectivity index (χ2v) is 26.0. The van der Waals surface area contributed by atoms with E-state index < -0.39 is 162 Å². The SMILES string of the molecule is C/C=C/C[C@@H](C)[C@@H](O)[C@H]1C(=O)N[C@@H](CC)C(=O)N(C)CC(=O)N(C)[C@@H](CC(C)CO)C(=O)N[C@@H](C(C)C)C(=O)N(C)[C@@H](CC(C)C)C(=O)N[C@@H](C)C(=O)N[C@H](C)C(=O)N(C)[C@@H](CC(C)C)C(=O)N(C)[C@@H](CC(C)C)C(=O)N(C)[C@@H](C(C)C)C(=O)N1C. The van der Waals surface area contributed by atoms with E-state index in [1.807, 2.05) is 41.5 Å². The van der Waals surface area contributed by atoms with Crippen LogP contribution in [0.4, 0.5) is 0 Å². The fraction of sp³-hybridized carbons (Fsp3) is 0.790. The molecule has 1 unspecified atom stereocenters. The maximum absolute atomic E-state index is 15.1. The van der Waals surface area contributed by atoms with Crippen LogP contribution in [0.3, 0.4) is 0 Å². The van der Waals surface area contributed by atoms with Crippen LogP contribution in [0.15, 0.2) is 12.2 Å². The number of allylic oxidation sites excluding steroid dienone is 2. The molecule has 1 fully saturated rings. The second-order valence-electron chi connectivity index (χ2n) is 26.0. The summed E-state index contributed by atoms with van der Waals surface area (Å²) in [5, 5.41) is 33.1. The van der Waals surface area contributed by atoms with Gasteiger partial charge in [-0.3, -0.25) is 52.7 Å². The Morgan fingerprint density at radius 2 is 0.930 bits per heavy atom. The van der Waals surface area contributed by atoms with Crippen LogP contribution in [0, 0.1) is 41.4 Å². The van der Waals surface area contributed by atoms with Crippen LogP contribution < -0.4 is 21.3 Å². The van der Waals surface area contributed by atoms with E-state index in [0.29, 0.717) is 6.42 Å². The number of amides is 11. The summed E-state index contributed by atoms with van der Waals surface area (Å²) in [6.07, 6.45) is 2.69. The van der Waals surface area contributed by atoms with Crippen molar-refractivity contribution in [2.24, 2.45) is 41.4 Å². The molecule has 24 heteroatoms. The molecule has 1 rings (SSSR count). The highest BCUT2D eigenvalue weighted by Gasteiger charge is 2.46. The monoisotopic (exact) mass is 1220 g/mol. The highest BCUT2D eigenvalue weighted by molar-refractivity contribution is 5.99. The van der Waals surface area contributed by atoms with Gasteiger partial charge in [0.15, 0.2) is 0 Å². The fourth-order valence-corrected chi connectivity index (χ4v) is 10.7. The van der Waals surface area contributed by atoms with Crippen molar-refractivity contribution in [3.05, 3.63) is 12.2 Å². The summed E-state index contributed by atoms with van der Waals surface area (Å²) < 4.78 is 0. The molecule has 0 saturated carbocycles. The van der Waals surface area contributed by atoms with E-state index >= 15 is 9.59 Å². The molecule has 0 spiro atoms. The maximum Gasteiger partial charge on any atom is 0.246 e. The third kappa shape index (κ3) is 21.6. The molecular formula is C62H111N11O13. The van der Waals surface area contributed by atoms with E-state index in [-0.39, 0.29) is 56.5 Å². The van der Waals surface area contributed by atoms with Gasteiger partial charge in [0.2, 0.25) is 65.0 Å². The minimum absolute atomic E-state index is 0.00425. The number of aliphatic hydroxyl groups is 2. The van der Waals surface area contributed by atoms with Gasteiger partial charge in [-0.05, 0) is 101 Å². The largest absolute Gasteiger partial charge is 0.396 e. The summed E-state index contributed by atoms with van der Waals surface area (Å²) >= 11 is 0. The summed E-state index contributed by atoms with van der Waals surface area (Å²) in [4.78, 5) is 168. The summed E-state index contributed by atoms with van der Waals surface area (Å²) in [5.74, 6) is -10.6. The number of likely N-dealkylation sites (N-methyl/N-ethyl adjacent to an activating group) is 7. The first-order chi connectivity index (χ1) is 39.7. The quantitative estimate of drug-likeness (QED) is 0.121. The molecule has 1 saturated heterocycles. The summed E-state index contributed by atoms with van der Waals surface area (Å²) in [6, 6.07) is -12.7. The average molecular weight is 1220 g/mol. The van der Waals surface area contributed by atoms with Gasteiger partial charge in [-0.1, -0.05) is 102 Å². The number of carbonyl (C=O) groups is 11. The third-order valence-electron chi connectivity index (χ3n) is 16.3. The Labute approximate surface area is 513 Å². The highest BCUT2D eigenvalue weighted by atomic mass is 16.3. The molecule has 1 aliphatic rings. The Kier molecular flexibility index (Phi) is 32.2. The average Bonchev–Trinajstić information content (AvgIpc) is 1.66. The van der Waals surface area contributed by atoms with Crippen molar-refractivity contribution in [1.29, 1.82) is 0 Å². The van der Waals surface area contributed by atoms with Crippen LogP contribution in [-0.2, 0) is 52.7 Å². The van der Waals surface area contributed by atoms with Gasteiger partial charge in [0.25, 0.3) is 0 Å². The topological polar surface area (TPSA) is 299 Å². The zero-order valence-corrected chi connectivity index (χ0v) is 56.2. The van der Waals surface area contributed by atoms with Crippen LogP contribution in [-0.4, -0.2) is 238 Å². The number of nitrogens with one attached hydrogen (secondary N) is 4. The predicted molar refractivity (Wildman–Crippen MR) is 330 cm³/mol. The number of nitrogens with zero attached hydrogens (tertiary/aromatic N) is 7. The lowest BCUT2D eigenvalue weighted by Gasteiger charge is -2.41. The first-order valence-electron chi connectivity index (χ1n) is 30.7. The Morgan fingerprint density at radius 1 is 0.488 bits per heavy atom.